The molecule has 7 nitrogen and oxygen atoms in total. The number of fused-ring (bicyclic) bond motifs is 1. The molecule has 2 saturated heterocycles. The average molecular weight is 434 g/mol. The fourth-order valence-corrected chi connectivity index (χ4v) is 6.34. The maximum Gasteiger partial charge on any atom is 0.243 e. The van der Waals surface area contributed by atoms with Gasteiger partial charge in [0.25, 0.3) is 0 Å². The zero-order valence-corrected chi connectivity index (χ0v) is 18.5. The first-order chi connectivity index (χ1) is 14.4. The van der Waals surface area contributed by atoms with Crippen LogP contribution in [-0.4, -0.2) is 73.6 Å². The molecule has 30 heavy (non-hydrogen) atoms. The van der Waals surface area contributed by atoms with Crippen molar-refractivity contribution < 1.29 is 18.0 Å². The molecule has 1 aliphatic carbocycles. The van der Waals surface area contributed by atoms with Gasteiger partial charge in [0.05, 0.1) is 4.90 Å². The van der Waals surface area contributed by atoms with Crippen LogP contribution in [0.25, 0.3) is 0 Å². The highest BCUT2D eigenvalue weighted by molar-refractivity contribution is 7.89. The van der Waals surface area contributed by atoms with Gasteiger partial charge < -0.3 is 9.80 Å². The lowest BCUT2D eigenvalue weighted by molar-refractivity contribution is -0.141. The monoisotopic (exact) mass is 433 g/mol. The Morgan fingerprint density at radius 1 is 0.867 bits per heavy atom. The number of hydrogen-bond donors (Lipinski definition) is 0. The molecule has 4 rings (SSSR count). The Hall–Kier alpha value is -1.93. The fourth-order valence-electron chi connectivity index (χ4n) is 4.87. The summed E-state index contributed by atoms with van der Waals surface area (Å²) < 4.78 is 27.8. The third-order valence-corrected chi connectivity index (χ3v) is 8.69. The van der Waals surface area contributed by atoms with Crippen LogP contribution in [0.5, 0.6) is 0 Å². The number of hydrogen-bond acceptors (Lipinski definition) is 4. The van der Waals surface area contributed by atoms with Crippen LogP contribution in [0.3, 0.4) is 0 Å². The number of piperazine rings is 1. The minimum Gasteiger partial charge on any atom is -0.343 e. The van der Waals surface area contributed by atoms with Gasteiger partial charge in [-0.15, -0.1) is 0 Å². The molecule has 2 amide bonds. The molecule has 2 heterocycles. The smallest absolute Gasteiger partial charge is 0.243 e. The molecule has 0 bridgehead atoms. The summed E-state index contributed by atoms with van der Waals surface area (Å²) in [5.74, 6) is 0.0929. The maximum atomic E-state index is 13.1. The quantitative estimate of drug-likeness (QED) is 0.726. The fraction of sp³-hybridized carbons (Fsp3) is 0.636. The first-order valence-electron chi connectivity index (χ1n) is 11.0. The van der Waals surface area contributed by atoms with Crippen molar-refractivity contribution in [3.8, 4) is 0 Å². The van der Waals surface area contributed by atoms with E-state index in [2.05, 4.69) is 0 Å². The van der Waals surface area contributed by atoms with E-state index in [1.54, 1.807) is 22.8 Å². The Balaban J connectivity index is 1.36. The molecule has 8 heteroatoms. The van der Waals surface area contributed by atoms with E-state index in [1.165, 1.54) is 16.3 Å². The van der Waals surface area contributed by atoms with Crippen LogP contribution in [0.2, 0.25) is 0 Å². The predicted octanol–water partition coefficient (Wildman–Crippen LogP) is 1.66. The van der Waals surface area contributed by atoms with Crippen molar-refractivity contribution in [1.82, 2.24) is 14.1 Å². The van der Waals surface area contributed by atoms with Gasteiger partial charge in [-0.25, -0.2) is 8.42 Å². The number of likely N-dealkylation sites (tertiary alicyclic amines) is 1. The third-order valence-electron chi connectivity index (χ3n) is 6.80. The predicted molar refractivity (Wildman–Crippen MR) is 113 cm³/mol. The summed E-state index contributed by atoms with van der Waals surface area (Å²) in [6, 6.07) is 5.55. The van der Waals surface area contributed by atoms with E-state index in [-0.39, 0.29) is 17.7 Å². The van der Waals surface area contributed by atoms with E-state index in [1.807, 2.05) is 12.1 Å². The third kappa shape index (κ3) is 4.25. The van der Waals surface area contributed by atoms with Crippen molar-refractivity contribution in [2.75, 3.05) is 39.3 Å². The zero-order valence-electron chi connectivity index (χ0n) is 17.7. The summed E-state index contributed by atoms with van der Waals surface area (Å²) >= 11 is 0. The van der Waals surface area contributed by atoms with Crippen LogP contribution in [0.1, 0.15) is 43.7 Å². The summed E-state index contributed by atoms with van der Waals surface area (Å²) in [7, 11) is -3.54. The van der Waals surface area contributed by atoms with Crippen molar-refractivity contribution in [3.63, 3.8) is 0 Å². The molecule has 0 aromatic heterocycles. The summed E-state index contributed by atoms with van der Waals surface area (Å²) in [6.45, 7) is 4.32. The SMILES string of the molecule is CC(=O)N1CCC(C(=O)N2CCN(S(=O)(=O)c3ccc4c(c3)CCCC4)CC2)CC1. The standard InChI is InChI=1S/C22H31N3O4S/c1-17(26)23-10-8-19(9-11-23)22(27)24-12-14-25(15-13-24)30(28,29)21-7-6-18-4-2-3-5-20(18)16-21/h6-7,16,19H,2-5,8-15H2,1H3. The van der Waals surface area contributed by atoms with Gasteiger partial charge in [0, 0.05) is 52.1 Å². The van der Waals surface area contributed by atoms with Gasteiger partial charge in [-0.3, -0.25) is 9.59 Å². The van der Waals surface area contributed by atoms with E-state index in [0.717, 1.165) is 24.8 Å². The van der Waals surface area contributed by atoms with Gasteiger partial charge in [-0.2, -0.15) is 4.31 Å². The number of rotatable bonds is 3. The topological polar surface area (TPSA) is 78.0 Å². The molecule has 0 N–H and O–H groups in total. The highest BCUT2D eigenvalue weighted by atomic mass is 32.2. The summed E-state index contributed by atoms with van der Waals surface area (Å²) in [4.78, 5) is 28.3. The molecule has 2 fully saturated rings. The Morgan fingerprint density at radius 3 is 2.13 bits per heavy atom. The van der Waals surface area contributed by atoms with Crippen molar-refractivity contribution in [1.29, 1.82) is 0 Å². The minimum atomic E-state index is -3.54. The van der Waals surface area contributed by atoms with Crippen LogP contribution in [-0.2, 0) is 32.5 Å². The van der Waals surface area contributed by atoms with E-state index in [0.29, 0.717) is 57.0 Å². The second kappa shape index (κ2) is 8.67. The van der Waals surface area contributed by atoms with Crippen LogP contribution < -0.4 is 0 Å². The van der Waals surface area contributed by atoms with Crippen molar-refractivity contribution >= 4 is 21.8 Å². The molecular formula is C22H31N3O4S. The molecule has 0 radical (unpaired) electrons. The molecular weight excluding hydrogens is 402 g/mol. The normalized spacial score (nSPS) is 21.4. The van der Waals surface area contributed by atoms with Crippen molar-refractivity contribution in [3.05, 3.63) is 29.3 Å². The first kappa shape index (κ1) is 21.3. The maximum absolute atomic E-state index is 13.1. The van der Waals surface area contributed by atoms with E-state index >= 15 is 0 Å². The highest BCUT2D eigenvalue weighted by Gasteiger charge is 2.34. The summed E-state index contributed by atoms with van der Waals surface area (Å²) in [6.07, 6.45) is 5.63. The number of aryl methyl sites for hydroxylation is 2. The lowest BCUT2D eigenvalue weighted by Gasteiger charge is -2.38. The van der Waals surface area contributed by atoms with E-state index in [4.69, 9.17) is 0 Å². The lowest BCUT2D eigenvalue weighted by Crippen LogP contribution is -2.53. The van der Waals surface area contributed by atoms with Crippen molar-refractivity contribution in [2.45, 2.75) is 50.3 Å². The van der Waals surface area contributed by atoms with Gasteiger partial charge >= 0.3 is 0 Å². The Morgan fingerprint density at radius 2 is 1.50 bits per heavy atom. The number of carbonyl (C=O) groups excluding carboxylic acids is 2. The van der Waals surface area contributed by atoms with Crippen molar-refractivity contribution in [2.24, 2.45) is 5.92 Å². The van der Waals surface area contributed by atoms with Crippen LogP contribution >= 0.6 is 0 Å². The summed E-state index contributed by atoms with van der Waals surface area (Å²) in [5, 5.41) is 0. The number of benzene rings is 1. The zero-order chi connectivity index (χ0) is 21.3. The second-order valence-corrected chi connectivity index (χ2v) is 10.6. The van der Waals surface area contributed by atoms with Gasteiger partial charge in [-0.05, 0) is 61.8 Å². The van der Waals surface area contributed by atoms with Crippen LogP contribution in [0, 0.1) is 5.92 Å². The summed E-state index contributed by atoms with van der Waals surface area (Å²) in [5.41, 5.74) is 2.43. The highest BCUT2D eigenvalue weighted by Crippen LogP contribution is 2.27. The molecule has 3 aliphatic rings. The number of nitrogens with zero attached hydrogens (tertiary/aromatic N) is 3. The molecule has 0 atom stereocenters. The number of sulfonamides is 1. The second-order valence-electron chi connectivity index (χ2n) is 8.65. The lowest BCUT2D eigenvalue weighted by atomic mass is 9.92. The number of piperidine rings is 1. The average Bonchev–Trinajstić information content (AvgIpc) is 2.78. The minimum absolute atomic E-state index is 0.0573. The van der Waals surface area contributed by atoms with Gasteiger partial charge in [0.15, 0.2) is 0 Å². The number of amides is 2. The van der Waals surface area contributed by atoms with E-state index < -0.39 is 10.0 Å². The molecule has 1 aromatic rings. The van der Waals surface area contributed by atoms with Gasteiger partial charge in [0.1, 0.15) is 0 Å². The van der Waals surface area contributed by atoms with Gasteiger partial charge in [0.2, 0.25) is 21.8 Å². The Bertz CT molecular complexity index is 914. The Labute approximate surface area is 179 Å². The van der Waals surface area contributed by atoms with Gasteiger partial charge in [-0.1, -0.05) is 6.07 Å². The first-order valence-corrected chi connectivity index (χ1v) is 12.5. The largest absolute Gasteiger partial charge is 0.343 e. The molecule has 0 spiro atoms. The molecule has 164 valence electrons. The molecule has 2 aliphatic heterocycles. The molecule has 1 aromatic carbocycles. The van der Waals surface area contributed by atoms with E-state index in [9.17, 15) is 18.0 Å². The Kier molecular flexibility index (Phi) is 6.16. The molecule has 0 unspecified atom stereocenters. The van der Waals surface area contributed by atoms with Crippen LogP contribution in [0.4, 0.5) is 0 Å². The van der Waals surface area contributed by atoms with Crippen LogP contribution in [0.15, 0.2) is 23.1 Å². The number of carbonyl (C=O) groups is 2. The molecule has 0 saturated carbocycles.